The minimum absolute atomic E-state index is 0.204. The Labute approximate surface area is 126 Å². The molecule has 1 aliphatic rings. The number of nitrogens with one attached hydrogen (secondary N) is 1. The molecule has 1 saturated carbocycles. The molecule has 21 heavy (non-hydrogen) atoms. The van der Waals surface area contributed by atoms with E-state index in [1.54, 1.807) is 7.11 Å². The molecular weight excluding hydrogens is 294 g/mol. The van der Waals surface area contributed by atoms with Crippen LogP contribution in [0.2, 0.25) is 0 Å². The Bertz CT molecular complexity index is 641. The van der Waals surface area contributed by atoms with Crippen LogP contribution in [0.15, 0.2) is 18.2 Å². The Hall–Kier alpha value is -1.37. The summed E-state index contributed by atoms with van der Waals surface area (Å²) >= 11 is 1.38. The number of nitrogens with zero attached hydrogens (tertiary/aromatic N) is 1. The molecule has 3 rings (SSSR count). The SMILES string of the molecule is COCc1nc(-c2cc(F)ccc2F)sc1CNC1CC1. The van der Waals surface area contributed by atoms with Crippen LogP contribution in [0.4, 0.5) is 8.78 Å². The summed E-state index contributed by atoms with van der Waals surface area (Å²) in [5.74, 6) is -0.927. The zero-order valence-corrected chi connectivity index (χ0v) is 12.5. The Morgan fingerprint density at radius 3 is 2.90 bits per heavy atom. The van der Waals surface area contributed by atoms with Crippen LogP contribution in [0.5, 0.6) is 0 Å². The number of halogens is 2. The fraction of sp³-hybridized carbons (Fsp3) is 0.400. The smallest absolute Gasteiger partial charge is 0.133 e. The standard InChI is InChI=1S/C15H16F2N2OS/c1-20-8-13-14(7-18-10-3-4-10)21-15(19-13)11-6-9(16)2-5-12(11)17/h2,5-6,10,18H,3-4,7-8H2,1H3. The van der Waals surface area contributed by atoms with Crippen molar-refractivity contribution in [3.63, 3.8) is 0 Å². The highest BCUT2D eigenvalue weighted by atomic mass is 32.1. The number of hydrogen-bond donors (Lipinski definition) is 1. The highest BCUT2D eigenvalue weighted by molar-refractivity contribution is 7.15. The molecule has 0 unspecified atom stereocenters. The lowest BCUT2D eigenvalue weighted by atomic mass is 10.2. The van der Waals surface area contributed by atoms with E-state index in [2.05, 4.69) is 10.3 Å². The molecule has 0 amide bonds. The molecule has 6 heteroatoms. The Morgan fingerprint density at radius 2 is 2.19 bits per heavy atom. The summed E-state index contributed by atoms with van der Waals surface area (Å²) in [6.07, 6.45) is 2.40. The van der Waals surface area contributed by atoms with Crippen LogP contribution in [0, 0.1) is 11.6 Å². The van der Waals surface area contributed by atoms with Gasteiger partial charge in [0.25, 0.3) is 0 Å². The Balaban J connectivity index is 1.90. The molecule has 1 N–H and O–H groups in total. The van der Waals surface area contributed by atoms with Gasteiger partial charge in [-0.15, -0.1) is 11.3 Å². The topological polar surface area (TPSA) is 34.1 Å². The van der Waals surface area contributed by atoms with E-state index in [9.17, 15) is 8.78 Å². The lowest BCUT2D eigenvalue weighted by Crippen LogP contribution is -2.15. The van der Waals surface area contributed by atoms with Crippen molar-refractivity contribution in [2.45, 2.75) is 32.0 Å². The second-order valence-corrected chi connectivity index (χ2v) is 6.18. The maximum atomic E-state index is 13.9. The van der Waals surface area contributed by atoms with Crippen LogP contribution in [-0.4, -0.2) is 18.1 Å². The van der Waals surface area contributed by atoms with E-state index >= 15 is 0 Å². The van der Waals surface area contributed by atoms with Gasteiger partial charge in [0.15, 0.2) is 0 Å². The molecule has 0 radical (unpaired) electrons. The van der Waals surface area contributed by atoms with Gasteiger partial charge in [-0.1, -0.05) is 0 Å². The number of ether oxygens (including phenoxy) is 1. The number of rotatable bonds is 6. The van der Waals surface area contributed by atoms with Gasteiger partial charge in [0.1, 0.15) is 16.6 Å². The molecule has 1 aromatic heterocycles. The van der Waals surface area contributed by atoms with Crippen molar-refractivity contribution < 1.29 is 13.5 Å². The van der Waals surface area contributed by atoms with Crippen LogP contribution in [0.25, 0.3) is 10.6 Å². The summed E-state index contributed by atoms with van der Waals surface area (Å²) in [6.45, 7) is 1.06. The van der Waals surface area contributed by atoms with Crippen LogP contribution in [0.1, 0.15) is 23.4 Å². The second kappa shape index (κ2) is 6.17. The van der Waals surface area contributed by atoms with Crippen LogP contribution < -0.4 is 5.32 Å². The highest BCUT2D eigenvalue weighted by Crippen LogP contribution is 2.31. The average molecular weight is 310 g/mol. The summed E-state index contributed by atoms with van der Waals surface area (Å²) in [4.78, 5) is 5.43. The van der Waals surface area contributed by atoms with Gasteiger partial charge in [0.05, 0.1) is 12.3 Å². The Morgan fingerprint density at radius 1 is 1.38 bits per heavy atom. The quantitative estimate of drug-likeness (QED) is 0.887. The van der Waals surface area contributed by atoms with E-state index in [1.165, 1.54) is 30.2 Å². The maximum Gasteiger partial charge on any atom is 0.133 e. The molecule has 0 atom stereocenters. The summed E-state index contributed by atoms with van der Waals surface area (Å²) in [6, 6.07) is 4.00. The predicted octanol–water partition coefficient (Wildman–Crippen LogP) is 3.49. The normalized spacial score (nSPS) is 14.6. The fourth-order valence-electron chi connectivity index (χ4n) is 2.07. The van der Waals surface area contributed by atoms with Gasteiger partial charge in [-0.25, -0.2) is 13.8 Å². The van der Waals surface area contributed by atoms with Gasteiger partial charge < -0.3 is 10.1 Å². The second-order valence-electron chi connectivity index (χ2n) is 5.10. The Kier molecular flexibility index (Phi) is 4.28. The summed E-state index contributed by atoms with van der Waals surface area (Å²) < 4.78 is 32.3. The molecule has 1 aromatic carbocycles. The molecular formula is C15H16F2N2OS. The number of hydrogen-bond acceptors (Lipinski definition) is 4. The zero-order chi connectivity index (χ0) is 14.8. The molecule has 2 aromatic rings. The average Bonchev–Trinajstić information content (AvgIpc) is 3.21. The number of benzene rings is 1. The summed E-state index contributed by atoms with van der Waals surface area (Å²) in [7, 11) is 1.60. The van der Waals surface area contributed by atoms with Crippen molar-refractivity contribution in [1.82, 2.24) is 10.3 Å². The largest absolute Gasteiger partial charge is 0.378 e. The molecule has 1 fully saturated rings. The molecule has 112 valence electrons. The summed E-state index contributed by atoms with van der Waals surface area (Å²) in [5, 5.41) is 3.90. The zero-order valence-electron chi connectivity index (χ0n) is 11.7. The van der Waals surface area contributed by atoms with Crippen LogP contribution in [-0.2, 0) is 17.9 Å². The van der Waals surface area contributed by atoms with E-state index in [0.717, 1.165) is 22.7 Å². The van der Waals surface area contributed by atoms with E-state index < -0.39 is 11.6 Å². The highest BCUT2D eigenvalue weighted by Gasteiger charge is 2.22. The third-order valence-corrected chi connectivity index (χ3v) is 4.48. The van der Waals surface area contributed by atoms with E-state index in [0.29, 0.717) is 24.2 Å². The van der Waals surface area contributed by atoms with Crippen molar-refractivity contribution in [1.29, 1.82) is 0 Å². The summed E-state index contributed by atoms with van der Waals surface area (Å²) in [5.41, 5.74) is 0.990. The molecule has 1 aliphatic carbocycles. The van der Waals surface area contributed by atoms with Gasteiger partial charge in [0, 0.05) is 30.1 Å². The molecule has 1 heterocycles. The lowest BCUT2D eigenvalue weighted by molar-refractivity contribution is 0.181. The molecule has 3 nitrogen and oxygen atoms in total. The number of aromatic nitrogens is 1. The van der Waals surface area contributed by atoms with Crippen molar-refractivity contribution in [2.24, 2.45) is 0 Å². The first-order valence-electron chi connectivity index (χ1n) is 6.83. The van der Waals surface area contributed by atoms with Crippen molar-refractivity contribution in [3.05, 3.63) is 40.4 Å². The van der Waals surface area contributed by atoms with E-state index in [1.807, 2.05) is 0 Å². The van der Waals surface area contributed by atoms with Crippen molar-refractivity contribution >= 4 is 11.3 Å². The molecule has 0 saturated heterocycles. The number of methoxy groups -OCH3 is 1. The maximum absolute atomic E-state index is 13.9. The third-order valence-electron chi connectivity index (χ3n) is 3.35. The van der Waals surface area contributed by atoms with Crippen molar-refractivity contribution in [3.8, 4) is 10.6 Å². The predicted molar refractivity (Wildman–Crippen MR) is 78.0 cm³/mol. The van der Waals surface area contributed by atoms with Gasteiger partial charge in [0.2, 0.25) is 0 Å². The van der Waals surface area contributed by atoms with Crippen LogP contribution in [0.3, 0.4) is 0 Å². The van der Waals surface area contributed by atoms with Crippen molar-refractivity contribution in [2.75, 3.05) is 7.11 Å². The first kappa shape index (κ1) is 14.6. The minimum Gasteiger partial charge on any atom is -0.378 e. The van der Waals surface area contributed by atoms with Gasteiger partial charge >= 0.3 is 0 Å². The molecule has 0 bridgehead atoms. The molecule has 0 spiro atoms. The lowest BCUT2D eigenvalue weighted by Gasteiger charge is -2.02. The number of thiazole rings is 1. The first-order valence-corrected chi connectivity index (χ1v) is 7.65. The molecule has 0 aliphatic heterocycles. The fourth-order valence-corrected chi connectivity index (χ4v) is 3.11. The third kappa shape index (κ3) is 3.45. The first-order chi connectivity index (χ1) is 10.2. The minimum atomic E-state index is -0.465. The monoisotopic (exact) mass is 310 g/mol. The van der Waals surface area contributed by atoms with E-state index in [4.69, 9.17) is 4.74 Å². The van der Waals surface area contributed by atoms with Crippen LogP contribution >= 0.6 is 11.3 Å². The van der Waals surface area contributed by atoms with Gasteiger partial charge in [-0.05, 0) is 31.0 Å². The van der Waals surface area contributed by atoms with E-state index in [-0.39, 0.29) is 5.56 Å². The van der Waals surface area contributed by atoms with Gasteiger partial charge in [-0.2, -0.15) is 0 Å². The van der Waals surface area contributed by atoms with Gasteiger partial charge in [-0.3, -0.25) is 0 Å².